The van der Waals surface area contributed by atoms with Crippen LogP contribution in [0.25, 0.3) is 55.1 Å². The van der Waals surface area contributed by atoms with E-state index in [4.69, 9.17) is 0 Å². The van der Waals surface area contributed by atoms with Gasteiger partial charge in [0, 0.05) is 0 Å². The van der Waals surface area contributed by atoms with Crippen LogP contribution >= 0.6 is 0 Å². The standard InChI is InChI=1S/C29H18/c1-3-10-21-19(8-1)16-28-25-14-6-13-24-22-11-4-2-7-18(22)15-26(29(24)25)20-9-5-12-23(21)27(28)17-20/h1-16H,17H2. The Labute approximate surface area is 169 Å². The monoisotopic (exact) mass is 366 g/mol. The van der Waals surface area contributed by atoms with E-state index >= 15 is 0 Å². The zero-order chi connectivity index (χ0) is 18.9. The van der Waals surface area contributed by atoms with Crippen LogP contribution in [0, 0.1) is 0 Å². The minimum atomic E-state index is 0.977. The summed E-state index contributed by atoms with van der Waals surface area (Å²) >= 11 is 0. The van der Waals surface area contributed by atoms with E-state index in [1.807, 2.05) is 0 Å². The van der Waals surface area contributed by atoms with Gasteiger partial charge in [-0.1, -0.05) is 85.0 Å². The molecule has 0 saturated heterocycles. The van der Waals surface area contributed by atoms with Crippen molar-refractivity contribution in [1.82, 2.24) is 0 Å². The van der Waals surface area contributed by atoms with Crippen LogP contribution < -0.4 is 0 Å². The van der Waals surface area contributed by atoms with Crippen LogP contribution in [-0.2, 0) is 6.42 Å². The molecule has 0 heteroatoms. The van der Waals surface area contributed by atoms with Crippen molar-refractivity contribution >= 4 is 44.0 Å². The highest BCUT2D eigenvalue weighted by Crippen LogP contribution is 2.47. The average molecular weight is 366 g/mol. The average Bonchev–Trinajstić information content (AvgIpc) is 3.07. The lowest BCUT2D eigenvalue weighted by atomic mass is 9.88. The molecule has 2 aliphatic carbocycles. The molecule has 0 amide bonds. The Balaban J connectivity index is 1.75. The molecular weight excluding hydrogens is 348 g/mol. The number of allylic oxidation sites excluding steroid dienone is 3. The van der Waals surface area contributed by atoms with Gasteiger partial charge in [0.15, 0.2) is 0 Å². The molecule has 5 aromatic carbocycles. The second-order valence-electron chi connectivity index (χ2n) is 8.14. The zero-order valence-electron chi connectivity index (χ0n) is 15.9. The van der Waals surface area contributed by atoms with Gasteiger partial charge in [-0.3, -0.25) is 0 Å². The van der Waals surface area contributed by atoms with Crippen molar-refractivity contribution in [2.24, 2.45) is 0 Å². The molecule has 0 fully saturated rings. The molecule has 0 aliphatic heterocycles. The fourth-order valence-corrected chi connectivity index (χ4v) is 5.37. The lowest BCUT2D eigenvalue weighted by Crippen LogP contribution is -1.94. The predicted molar refractivity (Wildman–Crippen MR) is 125 cm³/mol. The third kappa shape index (κ3) is 1.98. The van der Waals surface area contributed by atoms with E-state index in [0.29, 0.717) is 0 Å². The molecule has 7 rings (SSSR count). The van der Waals surface area contributed by atoms with Crippen molar-refractivity contribution in [3.8, 4) is 11.1 Å². The number of hydrogen-bond acceptors (Lipinski definition) is 0. The van der Waals surface area contributed by atoms with Gasteiger partial charge in [0.25, 0.3) is 0 Å². The quantitative estimate of drug-likeness (QED) is 0.245. The van der Waals surface area contributed by atoms with E-state index in [-0.39, 0.29) is 0 Å². The summed E-state index contributed by atoms with van der Waals surface area (Å²) in [6.45, 7) is 0. The Bertz CT molecular complexity index is 1560. The molecule has 0 spiro atoms. The van der Waals surface area contributed by atoms with Crippen LogP contribution in [0.5, 0.6) is 0 Å². The fourth-order valence-electron chi connectivity index (χ4n) is 5.37. The summed E-state index contributed by atoms with van der Waals surface area (Å²) in [6.07, 6.45) is 7.85. The van der Waals surface area contributed by atoms with E-state index in [2.05, 4.69) is 97.1 Å². The highest BCUT2D eigenvalue weighted by molar-refractivity contribution is 6.18. The van der Waals surface area contributed by atoms with E-state index in [1.54, 1.807) is 0 Å². The van der Waals surface area contributed by atoms with Crippen LogP contribution in [0.1, 0.15) is 16.7 Å². The van der Waals surface area contributed by atoms with Gasteiger partial charge in [0.2, 0.25) is 0 Å². The van der Waals surface area contributed by atoms with Crippen molar-refractivity contribution in [2.45, 2.75) is 6.42 Å². The first-order valence-electron chi connectivity index (χ1n) is 10.3. The summed E-state index contributed by atoms with van der Waals surface area (Å²) in [5, 5.41) is 8.07. The molecule has 0 N–H and O–H groups in total. The van der Waals surface area contributed by atoms with Gasteiger partial charge >= 0.3 is 0 Å². The van der Waals surface area contributed by atoms with Crippen LogP contribution in [-0.4, -0.2) is 0 Å². The predicted octanol–water partition coefficient (Wildman–Crippen LogP) is 7.78. The maximum atomic E-state index is 2.41. The van der Waals surface area contributed by atoms with Gasteiger partial charge in [-0.05, 0) is 84.3 Å². The van der Waals surface area contributed by atoms with Crippen LogP contribution in [0.3, 0.4) is 0 Å². The van der Waals surface area contributed by atoms with E-state index in [1.165, 1.54) is 65.7 Å². The molecule has 0 nitrogen and oxygen atoms in total. The normalized spacial score (nSPS) is 14.1. The van der Waals surface area contributed by atoms with Gasteiger partial charge in [0.05, 0.1) is 0 Å². The summed E-state index contributed by atoms with van der Waals surface area (Å²) in [6, 6.07) is 29.2. The Morgan fingerprint density at radius 2 is 1.31 bits per heavy atom. The summed E-state index contributed by atoms with van der Waals surface area (Å²) in [4.78, 5) is 0. The van der Waals surface area contributed by atoms with Gasteiger partial charge < -0.3 is 0 Å². The van der Waals surface area contributed by atoms with Gasteiger partial charge in [0.1, 0.15) is 0 Å². The Morgan fingerprint density at radius 1 is 0.586 bits per heavy atom. The minimum absolute atomic E-state index is 0.977. The molecule has 0 unspecified atom stereocenters. The van der Waals surface area contributed by atoms with Crippen LogP contribution in [0.2, 0.25) is 0 Å². The fraction of sp³-hybridized carbons (Fsp3) is 0.0345. The molecule has 0 atom stereocenters. The molecule has 0 saturated carbocycles. The lowest BCUT2D eigenvalue weighted by Gasteiger charge is -2.15. The smallest absolute Gasteiger partial charge is 0.000727 e. The molecule has 2 bridgehead atoms. The summed E-state index contributed by atoms with van der Waals surface area (Å²) in [7, 11) is 0. The van der Waals surface area contributed by atoms with E-state index in [9.17, 15) is 0 Å². The first kappa shape index (κ1) is 15.3. The molecule has 5 aromatic rings. The summed E-state index contributed by atoms with van der Waals surface area (Å²) < 4.78 is 0. The number of fused-ring (bicyclic) bond motifs is 7. The molecular formula is C29H18. The lowest BCUT2D eigenvalue weighted by molar-refractivity contribution is 1.31. The maximum absolute atomic E-state index is 2.41. The van der Waals surface area contributed by atoms with Crippen molar-refractivity contribution < 1.29 is 0 Å². The van der Waals surface area contributed by atoms with Crippen molar-refractivity contribution in [3.63, 3.8) is 0 Å². The third-order valence-electron chi connectivity index (χ3n) is 6.65. The number of hydrogen-bond donors (Lipinski definition) is 0. The SMILES string of the molecule is C1=Cc2c3c(cc4ccccc24)-c2cccc4c2c(cc2ccccc24)C(=C1)C3. The third-order valence-corrected chi connectivity index (χ3v) is 6.65. The maximum Gasteiger partial charge on any atom is -0.000727 e. The van der Waals surface area contributed by atoms with Crippen molar-refractivity contribution in [1.29, 1.82) is 0 Å². The largest absolute Gasteiger partial charge is 0.0616 e. The van der Waals surface area contributed by atoms with Crippen molar-refractivity contribution in [2.75, 3.05) is 0 Å². The molecule has 0 radical (unpaired) electrons. The summed E-state index contributed by atoms with van der Waals surface area (Å²) in [5.74, 6) is 0. The highest BCUT2D eigenvalue weighted by Gasteiger charge is 2.24. The van der Waals surface area contributed by atoms with Gasteiger partial charge in [-0.25, -0.2) is 0 Å². The number of benzene rings is 5. The Hall–Kier alpha value is -3.64. The first-order chi connectivity index (χ1) is 14.4. The second-order valence-corrected chi connectivity index (χ2v) is 8.14. The van der Waals surface area contributed by atoms with Crippen LogP contribution in [0.15, 0.2) is 91.0 Å². The molecule has 134 valence electrons. The van der Waals surface area contributed by atoms with Crippen molar-refractivity contribution in [3.05, 3.63) is 108 Å². The first-order valence-corrected chi connectivity index (χ1v) is 10.3. The van der Waals surface area contributed by atoms with E-state index in [0.717, 1.165) is 6.42 Å². The van der Waals surface area contributed by atoms with Crippen LogP contribution in [0.4, 0.5) is 0 Å². The van der Waals surface area contributed by atoms with E-state index < -0.39 is 0 Å². The highest BCUT2D eigenvalue weighted by atomic mass is 14.3. The topological polar surface area (TPSA) is 0 Å². The second kappa shape index (κ2) is 5.46. The molecule has 0 aromatic heterocycles. The number of rotatable bonds is 0. The molecule has 29 heavy (non-hydrogen) atoms. The Kier molecular flexibility index (Phi) is 2.88. The van der Waals surface area contributed by atoms with Gasteiger partial charge in [-0.15, -0.1) is 0 Å². The Morgan fingerprint density at radius 3 is 2.21 bits per heavy atom. The zero-order valence-corrected chi connectivity index (χ0v) is 15.9. The minimum Gasteiger partial charge on any atom is -0.0616 e. The summed E-state index contributed by atoms with van der Waals surface area (Å²) in [5.41, 5.74) is 8.37. The van der Waals surface area contributed by atoms with Gasteiger partial charge in [-0.2, -0.15) is 0 Å². The molecule has 2 aliphatic rings. The molecule has 0 heterocycles.